The van der Waals surface area contributed by atoms with Crippen LogP contribution in [0.25, 0.3) is 0 Å². The van der Waals surface area contributed by atoms with Gasteiger partial charge in [-0.05, 0) is 37.0 Å². The van der Waals surface area contributed by atoms with Crippen LogP contribution in [0.4, 0.5) is 0 Å². The van der Waals surface area contributed by atoms with Crippen LogP contribution in [0.15, 0.2) is 0 Å². The zero-order valence-corrected chi connectivity index (χ0v) is 10.7. The molecule has 0 bridgehead atoms. The van der Waals surface area contributed by atoms with Gasteiger partial charge in [0.15, 0.2) is 0 Å². The Balaban J connectivity index is 1.82. The summed E-state index contributed by atoms with van der Waals surface area (Å²) in [6.07, 6.45) is 3.72. The van der Waals surface area contributed by atoms with Crippen LogP contribution in [0.5, 0.6) is 0 Å². The van der Waals surface area contributed by atoms with Gasteiger partial charge in [-0.3, -0.25) is 4.21 Å². The molecule has 1 saturated heterocycles. The minimum Gasteiger partial charge on any atom is -0.316 e. The molecule has 2 rings (SSSR count). The first-order chi connectivity index (χ1) is 7.15. The van der Waals surface area contributed by atoms with Gasteiger partial charge < -0.3 is 5.32 Å². The van der Waals surface area contributed by atoms with Gasteiger partial charge in [-0.15, -0.1) is 0 Å². The Morgan fingerprint density at radius 1 is 1.13 bits per heavy atom. The molecule has 2 aliphatic rings. The Morgan fingerprint density at radius 3 is 2.20 bits per heavy atom. The molecule has 2 nitrogen and oxygen atoms in total. The van der Waals surface area contributed by atoms with Crippen molar-refractivity contribution >= 4 is 10.8 Å². The molecule has 0 aromatic carbocycles. The summed E-state index contributed by atoms with van der Waals surface area (Å²) >= 11 is 0. The van der Waals surface area contributed by atoms with Crippen molar-refractivity contribution in [2.24, 2.45) is 17.8 Å². The molecule has 0 spiro atoms. The maximum Gasteiger partial charge on any atom is 0.0353 e. The molecular formula is C12H23NOS. The predicted octanol–water partition coefficient (Wildman–Crippen LogP) is 1.78. The molecule has 1 aliphatic carbocycles. The summed E-state index contributed by atoms with van der Waals surface area (Å²) in [6, 6.07) is 0. The van der Waals surface area contributed by atoms with Gasteiger partial charge in [0.25, 0.3) is 0 Å². The van der Waals surface area contributed by atoms with Crippen molar-refractivity contribution in [3.63, 3.8) is 0 Å². The van der Waals surface area contributed by atoms with Crippen molar-refractivity contribution in [2.75, 3.05) is 18.8 Å². The lowest BCUT2D eigenvalue weighted by Gasteiger charge is -2.33. The van der Waals surface area contributed by atoms with Gasteiger partial charge in [-0.2, -0.15) is 0 Å². The first-order valence-corrected chi connectivity index (χ1v) is 7.61. The predicted molar refractivity (Wildman–Crippen MR) is 65.3 cm³/mol. The highest BCUT2D eigenvalue weighted by Crippen LogP contribution is 2.31. The van der Waals surface area contributed by atoms with Crippen molar-refractivity contribution in [1.29, 1.82) is 0 Å². The third-order valence-electron chi connectivity index (χ3n) is 3.77. The first kappa shape index (κ1) is 11.6. The van der Waals surface area contributed by atoms with Crippen LogP contribution in [0.3, 0.4) is 0 Å². The largest absolute Gasteiger partial charge is 0.316 e. The average Bonchev–Trinajstić information content (AvgIpc) is 2.09. The average molecular weight is 229 g/mol. The smallest absolute Gasteiger partial charge is 0.0353 e. The van der Waals surface area contributed by atoms with Gasteiger partial charge in [0, 0.05) is 34.9 Å². The molecule has 3 unspecified atom stereocenters. The van der Waals surface area contributed by atoms with Crippen LogP contribution >= 0.6 is 0 Å². The third kappa shape index (κ3) is 3.04. The van der Waals surface area contributed by atoms with Gasteiger partial charge in [-0.1, -0.05) is 13.8 Å². The van der Waals surface area contributed by atoms with Crippen molar-refractivity contribution in [3.8, 4) is 0 Å². The summed E-state index contributed by atoms with van der Waals surface area (Å²) in [5.41, 5.74) is 0. The second kappa shape index (κ2) is 4.96. The molecule has 15 heavy (non-hydrogen) atoms. The SMILES string of the molecule is CC1CC(C)CC(S(=O)CC2CNC2)C1. The lowest BCUT2D eigenvalue weighted by Crippen LogP contribution is -2.46. The number of nitrogens with one attached hydrogen (secondary N) is 1. The van der Waals surface area contributed by atoms with Gasteiger partial charge in [0.2, 0.25) is 0 Å². The molecule has 0 aromatic rings. The third-order valence-corrected chi connectivity index (χ3v) is 5.70. The second-order valence-electron chi connectivity index (χ2n) is 5.61. The van der Waals surface area contributed by atoms with E-state index in [0.717, 1.165) is 30.7 Å². The van der Waals surface area contributed by atoms with Crippen LogP contribution in [0.2, 0.25) is 0 Å². The number of rotatable bonds is 3. The summed E-state index contributed by atoms with van der Waals surface area (Å²) in [5, 5.41) is 3.74. The van der Waals surface area contributed by atoms with Crippen molar-refractivity contribution in [2.45, 2.75) is 38.4 Å². The van der Waals surface area contributed by atoms with E-state index in [1.165, 1.54) is 19.3 Å². The quantitative estimate of drug-likeness (QED) is 0.799. The second-order valence-corrected chi connectivity index (χ2v) is 7.37. The molecule has 0 radical (unpaired) electrons. The molecule has 1 N–H and O–H groups in total. The summed E-state index contributed by atoms with van der Waals surface area (Å²) < 4.78 is 12.2. The van der Waals surface area contributed by atoms with Crippen LogP contribution in [-0.4, -0.2) is 28.3 Å². The van der Waals surface area contributed by atoms with E-state index in [9.17, 15) is 4.21 Å². The standard InChI is InChI=1S/C12H23NOS/c1-9-3-10(2)5-12(4-9)15(14)8-11-6-13-7-11/h9-13H,3-8H2,1-2H3. The van der Waals surface area contributed by atoms with Gasteiger partial charge in [0.05, 0.1) is 0 Å². The molecule has 1 saturated carbocycles. The molecule has 1 heterocycles. The Labute approximate surface area is 95.7 Å². The maximum atomic E-state index is 12.2. The molecule has 1 aliphatic heterocycles. The molecule has 3 atom stereocenters. The Kier molecular flexibility index (Phi) is 3.83. The summed E-state index contributed by atoms with van der Waals surface area (Å²) in [6.45, 7) is 6.79. The zero-order chi connectivity index (χ0) is 10.8. The topological polar surface area (TPSA) is 29.1 Å². The number of hydrogen-bond acceptors (Lipinski definition) is 2. The highest BCUT2D eigenvalue weighted by atomic mass is 32.2. The van der Waals surface area contributed by atoms with Gasteiger partial charge in [-0.25, -0.2) is 0 Å². The van der Waals surface area contributed by atoms with Crippen LogP contribution in [0.1, 0.15) is 33.1 Å². The minimum absolute atomic E-state index is 0.490. The molecular weight excluding hydrogens is 206 g/mol. The molecule has 0 amide bonds. The zero-order valence-electron chi connectivity index (χ0n) is 9.87. The number of hydrogen-bond donors (Lipinski definition) is 1. The Hall–Kier alpha value is 0.110. The first-order valence-electron chi connectivity index (χ1n) is 6.23. The minimum atomic E-state index is -0.567. The van der Waals surface area contributed by atoms with E-state index in [1.807, 2.05) is 0 Å². The van der Waals surface area contributed by atoms with Crippen molar-refractivity contribution in [1.82, 2.24) is 5.32 Å². The summed E-state index contributed by atoms with van der Waals surface area (Å²) in [5.74, 6) is 3.19. The lowest BCUT2D eigenvalue weighted by atomic mass is 9.83. The van der Waals surface area contributed by atoms with E-state index >= 15 is 0 Å². The van der Waals surface area contributed by atoms with Crippen LogP contribution < -0.4 is 5.32 Å². The molecule has 3 heteroatoms. The molecule has 88 valence electrons. The van der Waals surface area contributed by atoms with E-state index in [2.05, 4.69) is 19.2 Å². The lowest BCUT2D eigenvalue weighted by molar-refractivity contribution is 0.304. The van der Waals surface area contributed by atoms with E-state index in [4.69, 9.17) is 0 Å². The van der Waals surface area contributed by atoms with Crippen molar-refractivity contribution < 1.29 is 4.21 Å². The Bertz CT molecular complexity index is 230. The fraction of sp³-hybridized carbons (Fsp3) is 1.00. The maximum absolute atomic E-state index is 12.2. The monoisotopic (exact) mass is 229 g/mol. The Morgan fingerprint density at radius 2 is 1.73 bits per heavy atom. The van der Waals surface area contributed by atoms with E-state index < -0.39 is 10.8 Å². The fourth-order valence-electron chi connectivity index (χ4n) is 2.92. The fourth-order valence-corrected chi connectivity index (χ4v) is 4.98. The molecule has 2 fully saturated rings. The summed E-state index contributed by atoms with van der Waals surface area (Å²) in [7, 11) is -0.567. The van der Waals surface area contributed by atoms with Crippen LogP contribution in [-0.2, 0) is 10.8 Å². The van der Waals surface area contributed by atoms with E-state index in [-0.39, 0.29) is 0 Å². The van der Waals surface area contributed by atoms with Gasteiger partial charge in [0.1, 0.15) is 0 Å². The normalized spacial score (nSPS) is 39.7. The highest BCUT2D eigenvalue weighted by Gasteiger charge is 2.30. The van der Waals surface area contributed by atoms with Crippen molar-refractivity contribution in [3.05, 3.63) is 0 Å². The van der Waals surface area contributed by atoms with E-state index in [0.29, 0.717) is 11.2 Å². The van der Waals surface area contributed by atoms with E-state index in [1.54, 1.807) is 0 Å². The van der Waals surface area contributed by atoms with Gasteiger partial charge >= 0.3 is 0 Å². The molecule has 0 aromatic heterocycles. The summed E-state index contributed by atoms with van der Waals surface area (Å²) in [4.78, 5) is 0. The highest BCUT2D eigenvalue weighted by molar-refractivity contribution is 7.85. The van der Waals surface area contributed by atoms with Crippen LogP contribution in [0, 0.1) is 17.8 Å².